The number of hydrogen-bond donors (Lipinski definition) is 1. The van der Waals surface area contributed by atoms with Crippen molar-refractivity contribution in [3.63, 3.8) is 0 Å². The Balaban J connectivity index is 1.83. The Labute approximate surface area is 129 Å². The van der Waals surface area contributed by atoms with Gasteiger partial charge in [-0.15, -0.1) is 0 Å². The quantitative estimate of drug-likeness (QED) is 0.924. The van der Waals surface area contributed by atoms with Gasteiger partial charge in [0.25, 0.3) is 0 Å². The number of amides is 1. The van der Waals surface area contributed by atoms with E-state index in [1.807, 2.05) is 31.0 Å². The highest BCUT2D eigenvalue weighted by Crippen LogP contribution is 2.45. The fourth-order valence-corrected chi connectivity index (χ4v) is 3.06. The fourth-order valence-electron chi connectivity index (χ4n) is 3.06. The Morgan fingerprint density at radius 3 is 2.82 bits per heavy atom. The molecular weight excluding hydrogens is 278 g/mol. The molecule has 1 fully saturated rings. The topological polar surface area (TPSA) is 63.1 Å². The van der Waals surface area contributed by atoms with E-state index in [2.05, 4.69) is 27.2 Å². The summed E-state index contributed by atoms with van der Waals surface area (Å²) in [6, 6.07) is 2.06. The van der Waals surface area contributed by atoms with E-state index in [0.29, 0.717) is 0 Å². The molecule has 4 rings (SSSR count). The van der Waals surface area contributed by atoms with E-state index in [0.717, 1.165) is 41.2 Å². The van der Waals surface area contributed by atoms with Crippen LogP contribution >= 0.6 is 0 Å². The Morgan fingerprint density at radius 1 is 1.32 bits per heavy atom. The van der Waals surface area contributed by atoms with Gasteiger partial charge in [0.05, 0.1) is 17.4 Å². The minimum Gasteiger partial charge on any atom is -0.364 e. The summed E-state index contributed by atoms with van der Waals surface area (Å²) in [5, 5.41) is 7.63. The van der Waals surface area contributed by atoms with Crippen molar-refractivity contribution in [3.05, 3.63) is 24.0 Å². The zero-order valence-corrected chi connectivity index (χ0v) is 13.0. The van der Waals surface area contributed by atoms with Gasteiger partial charge in [0, 0.05) is 38.0 Å². The Hall–Kier alpha value is -2.37. The van der Waals surface area contributed by atoms with Crippen molar-refractivity contribution in [1.29, 1.82) is 0 Å². The molecule has 0 bridgehead atoms. The molecule has 0 saturated heterocycles. The van der Waals surface area contributed by atoms with Gasteiger partial charge in [0.1, 0.15) is 11.4 Å². The van der Waals surface area contributed by atoms with Crippen molar-refractivity contribution in [3.8, 4) is 11.4 Å². The maximum atomic E-state index is 12.1. The van der Waals surface area contributed by atoms with Crippen molar-refractivity contribution in [2.45, 2.75) is 25.8 Å². The Kier molecular flexibility index (Phi) is 2.76. The number of carbonyl (C=O) groups excluding carboxylic acids is 1. The summed E-state index contributed by atoms with van der Waals surface area (Å²) in [5.74, 6) is 0.293. The van der Waals surface area contributed by atoms with Crippen molar-refractivity contribution in [2.24, 2.45) is 13.0 Å². The zero-order valence-electron chi connectivity index (χ0n) is 13.0. The van der Waals surface area contributed by atoms with Crippen LogP contribution in [-0.2, 0) is 11.8 Å². The van der Waals surface area contributed by atoms with Gasteiger partial charge in [-0.1, -0.05) is 0 Å². The van der Waals surface area contributed by atoms with Gasteiger partial charge < -0.3 is 10.2 Å². The fraction of sp³-hybridized carbons (Fsp3) is 0.438. The highest BCUT2D eigenvalue weighted by molar-refractivity contribution is 6.00. The van der Waals surface area contributed by atoms with E-state index in [1.54, 1.807) is 6.20 Å². The monoisotopic (exact) mass is 297 g/mol. The van der Waals surface area contributed by atoms with Crippen LogP contribution in [0, 0.1) is 5.92 Å². The highest BCUT2D eigenvalue weighted by atomic mass is 16.2. The molecule has 114 valence electrons. The summed E-state index contributed by atoms with van der Waals surface area (Å²) < 4.78 is 1.82. The normalized spacial score (nSPS) is 19.6. The zero-order chi connectivity index (χ0) is 15.4. The molecule has 1 aliphatic carbocycles. The molecule has 6 nitrogen and oxygen atoms in total. The number of pyridine rings is 1. The van der Waals surface area contributed by atoms with E-state index >= 15 is 0 Å². The number of rotatable bonds is 2. The van der Waals surface area contributed by atoms with Crippen molar-refractivity contribution >= 4 is 17.3 Å². The predicted octanol–water partition coefficient (Wildman–Crippen LogP) is 2.34. The van der Waals surface area contributed by atoms with E-state index in [-0.39, 0.29) is 17.9 Å². The summed E-state index contributed by atoms with van der Waals surface area (Å²) in [4.78, 5) is 18.8. The first-order chi connectivity index (χ1) is 10.6. The lowest BCUT2D eigenvalue weighted by Crippen LogP contribution is -2.28. The van der Waals surface area contributed by atoms with Crippen molar-refractivity contribution in [2.75, 3.05) is 17.3 Å². The molecule has 6 heteroatoms. The summed E-state index contributed by atoms with van der Waals surface area (Å²) in [6.07, 6.45) is 5.77. The first-order valence-electron chi connectivity index (χ1n) is 7.63. The van der Waals surface area contributed by atoms with E-state index in [9.17, 15) is 4.79 Å². The number of aryl methyl sites for hydroxylation is 1. The van der Waals surface area contributed by atoms with Gasteiger partial charge >= 0.3 is 0 Å². The van der Waals surface area contributed by atoms with Gasteiger partial charge in [-0.3, -0.25) is 14.5 Å². The van der Waals surface area contributed by atoms with Crippen LogP contribution in [0.25, 0.3) is 11.4 Å². The van der Waals surface area contributed by atoms with E-state index < -0.39 is 0 Å². The third-order valence-corrected chi connectivity index (χ3v) is 4.60. The highest BCUT2D eigenvalue weighted by Gasteiger charge is 2.34. The number of carbonyl (C=O) groups is 1. The molecule has 0 radical (unpaired) electrons. The standard InChI is InChI=1S/C16H19N5O/c1-9-11-8-20(2)19-13(11)14-15(21(9)3)12(6-7-17-14)18-16(22)10-4-5-10/h6-10H,4-5H2,1-3H3,(H,17,18,22). The molecule has 0 spiro atoms. The van der Waals surface area contributed by atoms with Crippen molar-refractivity contribution in [1.82, 2.24) is 14.8 Å². The second-order valence-corrected chi connectivity index (χ2v) is 6.21. The molecule has 22 heavy (non-hydrogen) atoms. The van der Waals surface area contributed by atoms with Crippen LogP contribution in [0.3, 0.4) is 0 Å². The van der Waals surface area contributed by atoms with Gasteiger partial charge in [0.2, 0.25) is 5.91 Å². The van der Waals surface area contributed by atoms with Crippen LogP contribution in [0.4, 0.5) is 11.4 Å². The number of nitrogens with one attached hydrogen (secondary N) is 1. The molecule has 2 aliphatic rings. The van der Waals surface area contributed by atoms with Crippen LogP contribution in [0.5, 0.6) is 0 Å². The summed E-state index contributed by atoms with van der Waals surface area (Å²) >= 11 is 0. The molecule has 2 aromatic heterocycles. The number of anilines is 2. The molecule has 1 unspecified atom stereocenters. The lowest BCUT2D eigenvalue weighted by molar-refractivity contribution is -0.117. The average molecular weight is 297 g/mol. The van der Waals surface area contributed by atoms with E-state index in [1.165, 1.54) is 0 Å². The Bertz CT molecular complexity index is 762. The van der Waals surface area contributed by atoms with Crippen LogP contribution < -0.4 is 10.2 Å². The molecule has 1 aliphatic heterocycles. The van der Waals surface area contributed by atoms with Crippen LogP contribution in [0.15, 0.2) is 18.5 Å². The smallest absolute Gasteiger partial charge is 0.227 e. The minimum atomic E-state index is 0.112. The molecular formula is C16H19N5O. The summed E-state index contributed by atoms with van der Waals surface area (Å²) in [6.45, 7) is 2.14. The molecule has 1 saturated carbocycles. The molecule has 0 aromatic carbocycles. The van der Waals surface area contributed by atoms with Crippen LogP contribution in [0.1, 0.15) is 31.4 Å². The predicted molar refractivity (Wildman–Crippen MR) is 84.6 cm³/mol. The van der Waals surface area contributed by atoms with E-state index in [4.69, 9.17) is 0 Å². The number of nitrogens with zero attached hydrogens (tertiary/aromatic N) is 4. The number of hydrogen-bond acceptors (Lipinski definition) is 4. The Morgan fingerprint density at radius 2 is 2.09 bits per heavy atom. The first-order valence-corrected chi connectivity index (χ1v) is 7.63. The lowest BCUT2D eigenvalue weighted by Gasteiger charge is -2.34. The van der Waals surface area contributed by atoms with Crippen LogP contribution in [0.2, 0.25) is 0 Å². The minimum absolute atomic E-state index is 0.112. The van der Waals surface area contributed by atoms with Crippen LogP contribution in [-0.4, -0.2) is 27.7 Å². The molecule has 1 N–H and O–H groups in total. The van der Waals surface area contributed by atoms with Gasteiger partial charge in [-0.2, -0.15) is 5.10 Å². The third kappa shape index (κ3) is 1.90. The van der Waals surface area contributed by atoms with Gasteiger partial charge in [-0.05, 0) is 25.8 Å². The maximum absolute atomic E-state index is 12.1. The lowest BCUT2D eigenvalue weighted by atomic mass is 9.98. The van der Waals surface area contributed by atoms with Gasteiger partial charge in [-0.25, -0.2) is 0 Å². The number of aromatic nitrogens is 3. The second kappa shape index (κ2) is 4.56. The SMILES string of the molecule is CC1c2cn(C)nc2-c2nccc(NC(=O)C3CC3)c2N1C. The first kappa shape index (κ1) is 13.3. The second-order valence-electron chi connectivity index (χ2n) is 6.21. The largest absolute Gasteiger partial charge is 0.364 e. The molecule has 1 amide bonds. The van der Waals surface area contributed by atoms with Crippen molar-refractivity contribution < 1.29 is 4.79 Å². The maximum Gasteiger partial charge on any atom is 0.227 e. The molecule has 2 aromatic rings. The van der Waals surface area contributed by atoms with Gasteiger partial charge in [0.15, 0.2) is 0 Å². The summed E-state index contributed by atoms with van der Waals surface area (Å²) in [5.41, 5.74) is 4.69. The summed E-state index contributed by atoms with van der Waals surface area (Å²) in [7, 11) is 3.96. The molecule has 1 atom stereocenters. The number of fused-ring (bicyclic) bond motifs is 3. The average Bonchev–Trinajstić information content (AvgIpc) is 3.27. The third-order valence-electron chi connectivity index (χ3n) is 4.60. The molecule has 3 heterocycles.